The number of nitrogens with zero attached hydrogens (tertiary/aromatic N) is 2. The molecule has 1 aliphatic carbocycles. The van der Waals surface area contributed by atoms with Gasteiger partial charge in [-0.25, -0.2) is 13.2 Å². The fraction of sp³-hybridized carbons (Fsp3) is 0.700. The highest BCUT2D eigenvalue weighted by atomic mass is 32.2. The zero-order valence-corrected chi connectivity index (χ0v) is 17.8. The number of aryl methyl sites for hydroxylation is 1. The lowest BCUT2D eigenvalue weighted by Gasteiger charge is -2.26. The van der Waals surface area contributed by atoms with E-state index in [9.17, 15) is 18.0 Å². The molecule has 1 saturated heterocycles. The molecule has 0 radical (unpaired) electrons. The van der Waals surface area contributed by atoms with E-state index in [-0.39, 0.29) is 30.1 Å². The largest absolute Gasteiger partial charge is 0.452 e. The number of rotatable bonds is 5. The Morgan fingerprint density at radius 2 is 1.86 bits per heavy atom. The van der Waals surface area contributed by atoms with E-state index in [1.807, 2.05) is 19.9 Å². The third-order valence-corrected chi connectivity index (χ3v) is 7.87. The van der Waals surface area contributed by atoms with Crippen LogP contribution in [0.4, 0.5) is 0 Å². The average molecular weight is 411 g/mol. The smallest absolute Gasteiger partial charge is 0.340 e. The second-order valence-corrected chi connectivity index (χ2v) is 10.3. The third kappa shape index (κ3) is 4.42. The Kier molecular flexibility index (Phi) is 6.17. The van der Waals surface area contributed by atoms with Gasteiger partial charge in [0.15, 0.2) is 16.4 Å². The minimum atomic E-state index is -3.07. The summed E-state index contributed by atoms with van der Waals surface area (Å²) in [5, 5.41) is 0. The van der Waals surface area contributed by atoms with Crippen molar-refractivity contribution in [2.75, 3.05) is 25.2 Å². The van der Waals surface area contributed by atoms with Gasteiger partial charge in [0.25, 0.3) is 5.91 Å². The molecule has 1 saturated carbocycles. The number of ether oxygens (including phenoxy) is 1. The molecule has 2 heterocycles. The number of aromatic nitrogens is 1. The molecule has 0 aromatic carbocycles. The first kappa shape index (κ1) is 20.9. The van der Waals surface area contributed by atoms with Gasteiger partial charge in [0.2, 0.25) is 0 Å². The number of esters is 1. The fourth-order valence-electron chi connectivity index (χ4n) is 4.48. The van der Waals surface area contributed by atoms with Crippen molar-refractivity contribution >= 4 is 21.7 Å². The maximum absolute atomic E-state index is 12.6. The maximum atomic E-state index is 12.6. The normalized spacial score (nSPS) is 22.2. The highest BCUT2D eigenvalue weighted by Crippen LogP contribution is 2.32. The third-order valence-electron chi connectivity index (χ3n) is 6.12. The van der Waals surface area contributed by atoms with Gasteiger partial charge >= 0.3 is 5.97 Å². The summed E-state index contributed by atoms with van der Waals surface area (Å²) in [7, 11) is -1.51. The van der Waals surface area contributed by atoms with E-state index < -0.39 is 15.8 Å². The Morgan fingerprint density at radius 1 is 1.18 bits per heavy atom. The molecule has 0 N–H and O–H groups in total. The summed E-state index contributed by atoms with van der Waals surface area (Å²) in [4.78, 5) is 26.3. The molecule has 2 fully saturated rings. The monoisotopic (exact) mass is 410 g/mol. The van der Waals surface area contributed by atoms with E-state index in [1.54, 1.807) is 7.05 Å². The summed E-state index contributed by atoms with van der Waals surface area (Å²) in [6.45, 7) is 3.55. The van der Waals surface area contributed by atoms with Crippen LogP contribution in [0.2, 0.25) is 0 Å². The molecule has 0 bridgehead atoms. The van der Waals surface area contributed by atoms with Crippen molar-refractivity contribution in [2.45, 2.75) is 64.5 Å². The molecule has 2 aliphatic rings. The molecule has 1 amide bonds. The zero-order chi connectivity index (χ0) is 20.5. The minimum absolute atomic E-state index is 0.0221. The molecule has 1 atom stereocenters. The number of hydrogen-bond donors (Lipinski definition) is 0. The molecule has 7 nitrogen and oxygen atoms in total. The highest BCUT2D eigenvalue weighted by molar-refractivity contribution is 7.91. The summed E-state index contributed by atoms with van der Waals surface area (Å²) in [5.41, 5.74) is 2.43. The van der Waals surface area contributed by atoms with Gasteiger partial charge in [-0.3, -0.25) is 4.79 Å². The minimum Gasteiger partial charge on any atom is -0.452 e. The summed E-state index contributed by atoms with van der Waals surface area (Å²) >= 11 is 0. The maximum Gasteiger partial charge on any atom is 0.340 e. The molecule has 1 aliphatic heterocycles. The number of amides is 1. The molecule has 1 aromatic heterocycles. The first-order valence-corrected chi connectivity index (χ1v) is 11.8. The van der Waals surface area contributed by atoms with Crippen LogP contribution >= 0.6 is 0 Å². The molecule has 1 aromatic rings. The van der Waals surface area contributed by atoms with Crippen LogP contribution in [0.3, 0.4) is 0 Å². The first-order valence-electron chi connectivity index (χ1n) is 10.0. The van der Waals surface area contributed by atoms with Crippen molar-refractivity contribution in [3.8, 4) is 0 Å². The van der Waals surface area contributed by atoms with Gasteiger partial charge in [-0.2, -0.15) is 0 Å². The van der Waals surface area contributed by atoms with Gasteiger partial charge in [0.1, 0.15) is 0 Å². The van der Waals surface area contributed by atoms with E-state index in [0.29, 0.717) is 18.0 Å². The summed E-state index contributed by atoms with van der Waals surface area (Å²) in [6, 6.07) is 1.92. The Hall–Kier alpha value is -1.83. The van der Waals surface area contributed by atoms with Gasteiger partial charge in [0, 0.05) is 30.5 Å². The Morgan fingerprint density at radius 3 is 2.46 bits per heavy atom. The van der Waals surface area contributed by atoms with Crippen molar-refractivity contribution in [1.82, 2.24) is 9.47 Å². The van der Waals surface area contributed by atoms with Crippen molar-refractivity contribution in [2.24, 2.45) is 0 Å². The number of carbonyl (C=O) groups is 2. The predicted octanol–water partition coefficient (Wildman–Crippen LogP) is 2.41. The molecule has 1 unspecified atom stereocenters. The first-order chi connectivity index (χ1) is 13.2. The lowest BCUT2D eigenvalue weighted by molar-refractivity contribution is -0.134. The number of likely N-dealkylation sites (N-methyl/N-ethyl adjacent to an activating group) is 1. The Bertz CT molecular complexity index is 852. The van der Waals surface area contributed by atoms with Crippen LogP contribution in [-0.4, -0.2) is 61.0 Å². The van der Waals surface area contributed by atoms with Gasteiger partial charge in [-0.1, -0.05) is 19.3 Å². The van der Waals surface area contributed by atoms with Crippen molar-refractivity contribution in [3.05, 3.63) is 23.0 Å². The van der Waals surface area contributed by atoms with Gasteiger partial charge in [-0.05, 0) is 39.2 Å². The van der Waals surface area contributed by atoms with Crippen LogP contribution in [0.15, 0.2) is 6.07 Å². The topological polar surface area (TPSA) is 85.7 Å². The van der Waals surface area contributed by atoms with E-state index >= 15 is 0 Å². The molecule has 156 valence electrons. The van der Waals surface area contributed by atoms with Crippen LogP contribution in [0.5, 0.6) is 0 Å². The van der Waals surface area contributed by atoms with E-state index in [1.165, 1.54) is 24.2 Å². The second-order valence-electron chi connectivity index (χ2n) is 8.08. The van der Waals surface area contributed by atoms with Gasteiger partial charge < -0.3 is 14.2 Å². The second kappa shape index (κ2) is 8.27. The lowest BCUT2D eigenvalue weighted by Crippen LogP contribution is -2.40. The van der Waals surface area contributed by atoms with Crippen molar-refractivity contribution < 1.29 is 22.7 Å². The van der Waals surface area contributed by atoms with E-state index in [2.05, 4.69) is 4.57 Å². The van der Waals surface area contributed by atoms with Gasteiger partial charge in [-0.15, -0.1) is 0 Å². The van der Waals surface area contributed by atoms with Crippen LogP contribution in [0.25, 0.3) is 0 Å². The average Bonchev–Trinajstić information content (AvgIpc) is 3.18. The lowest BCUT2D eigenvalue weighted by atomic mass is 9.95. The molecular weight excluding hydrogens is 380 g/mol. The molecular formula is C20H30N2O5S. The van der Waals surface area contributed by atoms with Crippen LogP contribution in [0.1, 0.15) is 66.3 Å². The standard InChI is InChI=1S/C20H30N2O5S/c1-14-11-18(15(2)22(14)16-7-5-4-6-8-16)20(24)27-12-19(23)21(3)17-9-10-28(25,26)13-17/h11,16-17H,4-10,12-13H2,1-3H3. The number of sulfone groups is 1. The summed E-state index contributed by atoms with van der Waals surface area (Å²) < 4.78 is 30.7. The quantitative estimate of drug-likeness (QED) is 0.696. The SMILES string of the molecule is Cc1cc(C(=O)OCC(=O)N(C)C2CCS(=O)(=O)C2)c(C)n1C1CCCCC1. The predicted molar refractivity (Wildman–Crippen MR) is 106 cm³/mol. The fourth-order valence-corrected chi connectivity index (χ4v) is 6.25. The zero-order valence-electron chi connectivity index (χ0n) is 16.9. The van der Waals surface area contributed by atoms with Crippen LogP contribution in [-0.2, 0) is 19.4 Å². The molecule has 0 spiro atoms. The van der Waals surface area contributed by atoms with Crippen molar-refractivity contribution in [3.63, 3.8) is 0 Å². The number of hydrogen-bond acceptors (Lipinski definition) is 5. The molecule has 28 heavy (non-hydrogen) atoms. The summed E-state index contributed by atoms with van der Waals surface area (Å²) in [6.07, 6.45) is 6.36. The number of carbonyl (C=O) groups excluding carboxylic acids is 2. The highest BCUT2D eigenvalue weighted by Gasteiger charge is 2.33. The molecule has 3 rings (SSSR count). The Labute approximate surface area is 166 Å². The van der Waals surface area contributed by atoms with Crippen LogP contribution in [0, 0.1) is 13.8 Å². The Balaban J connectivity index is 1.61. The van der Waals surface area contributed by atoms with Gasteiger partial charge in [0.05, 0.1) is 17.1 Å². The van der Waals surface area contributed by atoms with E-state index in [0.717, 1.165) is 24.2 Å². The van der Waals surface area contributed by atoms with E-state index in [4.69, 9.17) is 4.74 Å². The molecule has 8 heteroatoms. The van der Waals surface area contributed by atoms with Crippen molar-refractivity contribution in [1.29, 1.82) is 0 Å². The van der Waals surface area contributed by atoms with Crippen LogP contribution < -0.4 is 0 Å². The summed E-state index contributed by atoms with van der Waals surface area (Å²) in [5.74, 6) is -0.805.